The van der Waals surface area contributed by atoms with Crippen molar-refractivity contribution < 1.29 is 4.79 Å². The Morgan fingerprint density at radius 1 is 0.630 bits per heavy atom. The van der Waals surface area contributed by atoms with E-state index in [1.54, 1.807) is 0 Å². The fourth-order valence-electron chi connectivity index (χ4n) is 3.58. The molecule has 0 bridgehead atoms. The molecule has 0 saturated carbocycles. The number of hydrogen-bond acceptors (Lipinski definition) is 2. The Morgan fingerprint density at radius 2 is 1.11 bits per heavy atom. The van der Waals surface area contributed by atoms with E-state index in [2.05, 4.69) is 44.9 Å². The molecule has 0 fully saturated rings. The molecule has 0 heterocycles. The van der Waals surface area contributed by atoms with Gasteiger partial charge >= 0.3 is 0 Å². The Kier molecular flexibility index (Phi) is 19.3. The molecule has 0 aromatic rings. The van der Waals surface area contributed by atoms with E-state index in [1.807, 2.05) is 5.01 Å². The predicted molar refractivity (Wildman–Crippen MR) is 120 cm³/mol. The quantitative estimate of drug-likeness (QED) is 0.135. The van der Waals surface area contributed by atoms with Gasteiger partial charge in [-0.15, -0.1) is 0 Å². The van der Waals surface area contributed by atoms with Gasteiger partial charge in [-0.05, 0) is 39.0 Å². The summed E-state index contributed by atoms with van der Waals surface area (Å²) in [6, 6.07) is 0. The van der Waals surface area contributed by atoms with Crippen molar-refractivity contribution in [3.05, 3.63) is 12.2 Å². The standard InChI is InChI=1S/C24H48N2O/c1-5-9-10-11-12-13-14-15-16-17-18-19-20-21-22-23-24(27)26(8-4)25(6-2)7-3/h15-16H,5-14,17-23H2,1-4H3/b16-15-. The number of allylic oxidation sites excluding steroid dienone is 2. The summed E-state index contributed by atoms with van der Waals surface area (Å²) in [4.78, 5) is 12.3. The highest BCUT2D eigenvalue weighted by atomic mass is 16.2. The van der Waals surface area contributed by atoms with E-state index in [-0.39, 0.29) is 0 Å². The van der Waals surface area contributed by atoms with Crippen molar-refractivity contribution in [2.45, 2.75) is 118 Å². The topological polar surface area (TPSA) is 23.6 Å². The van der Waals surface area contributed by atoms with Gasteiger partial charge in [-0.3, -0.25) is 9.80 Å². The molecule has 3 nitrogen and oxygen atoms in total. The fourth-order valence-corrected chi connectivity index (χ4v) is 3.58. The molecule has 0 aliphatic rings. The van der Waals surface area contributed by atoms with E-state index < -0.39 is 0 Å². The Balaban J connectivity index is 3.51. The number of hydrogen-bond donors (Lipinski definition) is 0. The normalized spacial score (nSPS) is 11.6. The molecule has 0 N–H and O–H groups in total. The summed E-state index contributed by atoms with van der Waals surface area (Å²) in [5.74, 6) is 0.291. The second-order valence-corrected chi connectivity index (χ2v) is 7.58. The summed E-state index contributed by atoms with van der Waals surface area (Å²) in [5, 5.41) is 4.06. The maximum absolute atomic E-state index is 12.3. The average molecular weight is 381 g/mol. The lowest BCUT2D eigenvalue weighted by Gasteiger charge is -2.32. The number of amides is 1. The van der Waals surface area contributed by atoms with Crippen LogP contribution < -0.4 is 0 Å². The van der Waals surface area contributed by atoms with Gasteiger partial charge in [0, 0.05) is 26.1 Å². The highest BCUT2D eigenvalue weighted by Crippen LogP contribution is 2.11. The minimum absolute atomic E-state index is 0.291. The highest BCUT2D eigenvalue weighted by Gasteiger charge is 2.16. The molecule has 0 aliphatic carbocycles. The van der Waals surface area contributed by atoms with E-state index >= 15 is 0 Å². The lowest BCUT2D eigenvalue weighted by atomic mass is 10.1. The van der Waals surface area contributed by atoms with Gasteiger partial charge in [-0.1, -0.05) is 84.3 Å². The van der Waals surface area contributed by atoms with Gasteiger partial charge in [0.1, 0.15) is 0 Å². The van der Waals surface area contributed by atoms with E-state index in [9.17, 15) is 4.79 Å². The van der Waals surface area contributed by atoms with E-state index in [1.165, 1.54) is 77.0 Å². The average Bonchev–Trinajstić information content (AvgIpc) is 2.68. The van der Waals surface area contributed by atoms with Crippen LogP contribution in [0.25, 0.3) is 0 Å². The number of unbranched alkanes of at least 4 members (excludes halogenated alkanes) is 11. The fraction of sp³-hybridized carbons (Fsp3) is 0.875. The first-order valence-electron chi connectivity index (χ1n) is 11.9. The van der Waals surface area contributed by atoms with Crippen molar-refractivity contribution in [2.75, 3.05) is 19.6 Å². The van der Waals surface area contributed by atoms with Gasteiger partial charge < -0.3 is 0 Å². The first kappa shape index (κ1) is 26.2. The summed E-state index contributed by atoms with van der Waals surface area (Å²) in [6.45, 7) is 11.2. The number of nitrogens with zero attached hydrogens (tertiary/aromatic N) is 2. The summed E-state index contributed by atoms with van der Waals surface area (Å²) in [5.41, 5.74) is 0. The summed E-state index contributed by atoms with van der Waals surface area (Å²) in [6.07, 6.45) is 22.3. The molecule has 160 valence electrons. The largest absolute Gasteiger partial charge is 0.276 e. The third-order valence-electron chi connectivity index (χ3n) is 5.31. The number of rotatable bonds is 19. The van der Waals surface area contributed by atoms with Crippen LogP contribution in [0.4, 0.5) is 0 Å². The number of hydrazine groups is 1. The Hall–Kier alpha value is -0.830. The van der Waals surface area contributed by atoms with Crippen LogP contribution in [0.5, 0.6) is 0 Å². The molecule has 1 amide bonds. The number of carbonyl (C=O) groups excluding carboxylic acids is 1. The van der Waals surface area contributed by atoms with Crippen LogP contribution in [-0.4, -0.2) is 35.6 Å². The van der Waals surface area contributed by atoms with Crippen molar-refractivity contribution in [1.29, 1.82) is 0 Å². The monoisotopic (exact) mass is 380 g/mol. The lowest BCUT2D eigenvalue weighted by Crippen LogP contribution is -2.46. The molecule has 0 aromatic carbocycles. The first-order chi connectivity index (χ1) is 13.2. The molecule has 0 rings (SSSR count). The Bertz CT molecular complexity index is 350. The van der Waals surface area contributed by atoms with E-state index in [0.717, 1.165) is 26.1 Å². The zero-order valence-electron chi connectivity index (χ0n) is 19.0. The maximum atomic E-state index is 12.3. The summed E-state index contributed by atoms with van der Waals surface area (Å²) >= 11 is 0. The SMILES string of the molecule is CCCCCCCC/C=C\CCCCCCCC(=O)N(CC)N(CC)CC. The molecule has 0 radical (unpaired) electrons. The molecule has 0 atom stereocenters. The third-order valence-corrected chi connectivity index (χ3v) is 5.31. The molecule has 0 unspecified atom stereocenters. The maximum Gasteiger partial charge on any atom is 0.236 e. The first-order valence-corrected chi connectivity index (χ1v) is 11.9. The van der Waals surface area contributed by atoms with Crippen molar-refractivity contribution in [3.8, 4) is 0 Å². The van der Waals surface area contributed by atoms with Crippen molar-refractivity contribution in [2.24, 2.45) is 0 Å². The van der Waals surface area contributed by atoms with Crippen LogP contribution in [0.2, 0.25) is 0 Å². The van der Waals surface area contributed by atoms with E-state index in [4.69, 9.17) is 0 Å². The van der Waals surface area contributed by atoms with Crippen LogP contribution in [-0.2, 0) is 4.79 Å². The summed E-state index contributed by atoms with van der Waals surface area (Å²) in [7, 11) is 0. The molecule has 0 aromatic heterocycles. The van der Waals surface area contributed by atoms with Crippen LogP contribution in [0.1, 0.15) is 118 Å². The molecular weight excluding hydrogens is 332 g/mol. The highest BCUT2D eigenvalue weighted by molar-refractivity contribution is 5.75. The van der Waals surface area contributed by atoms with Crippen LogP contribution in [0.3, 0.4) is 0 Å². The van der Waals surface area contributed by atoms with E-state index in [0.29, 0.717) is 12.3 Å². The molecule has 0 aliphatic heterocycles. The molecule has 27 heavy (non-hydrogen) atoms. The Morgan fingerprint density at radius 3 is 1.59 bits per heavy atom. The van der Waals surface area contributed by atoms with Gasteiger partial charge in [0.15, 0.2) is 0 Å². The van der Waals surface area contributed by atoms with Gasteiger partial charge in [0.25, 0.3) is 0 Å². The molecule has 0 saturated heterocycles. The van der Waals surface area contributed by atoms with Gasteiger partial charge in [-0.25, -0.2) is 5.01 Å². The number of carbonyl (C=O) groups is 1. The minimum atomic E-state index is 0.291. The lowest BCUT2D eigenvalue weighted by molar-refractivity contribution is -0.148. The second-order valence-electron chi connectivity index (χ2n) is 7.58. The Labute approximate surface area is 170 Å². The molecule has 3 heteroatoms. The zero-order chi connectivity index (χ0) is 20.2. The second kappa shape index (κ2) is 19.9. The smallest absolute Gasteiger partial charge is 0.236 e. The van der Waals surface area contributed by atoms with Gasteiger partial charge in [0.2, 0.25) is 5.91 Å². The molecular formula is C24H48N2O. The van der Waals surface area contributed by atoms with Crippen molar-refractivity contribution >= 4 is 5.91 Å². The molecule has 0 spiro atoms. The van der Waals surface area contributed by atoms with Crippen LogP contribution in [0, 0.1) is 0 Å². The zero-order valence-corrected chi connectivity index (χ0v) is 19.0. The van der Waals surface area contributed by atoms with Crippen molar-refractivity contribution in [1.82, 2.24) is 10.0 Å². The minimum Gasteiger partial charge on any atom is -0.276 e. The van der Waals surface area contributed by atoms with Gasteiger partial charge in [0.05, 0.1) is 0 Å². The summed E-state index contributed by atoms with van der Waals surface area (Å²) < 4.78 is 0. The van der Waals surface area contributed by atoms with Crippen LogP contribution >= 0.6 is 0 Å². The van der Waals surface area contributed by atoms with Crippen molar-refractivity contribution in [3.63, 3.8) is 0 Å². The van der Waals surface area contributed by atoms with Gasteiger partial charge in [-0.2, -0.15) is 0 Å². The third kappa shape index (κ3) is 14.8. The predicted octanol–water partition coefficient (Wildman–Crippen LogP) is 7.13. The van der Waals surface area contributed by atoms with Crippen LogP contribution in [0.15, 0.2) is 12.2 Å².